The van der Waals surface area contributed by atoms with Gasteiger partial charge in [0.25, 0.3) is 0 Å². The maximum Gasteiger partial charge on any atom is 0.415 e. The van der Waals surface area contributed by atoms with Crippen molar-refractivity contribution in [2.75, 3.05) is 27.7 Å². The molecule has 2 aromatic rings. The van der Waals surface area contributed by atoms with Crippen LogP contribution in [0, 0.1) is 0 Å². The summed E-state index contributed by atoms with van der Waals surface area (Å²) in [5, 5.41) is 0.320. The summed E-state index contributed by atoms with van der Waals surface area (Å²) < 4.78 is 49.2. The van der Waals surface area contributed by atoms with E-state index in [-0.39, 0.29) is 35.2 Å². The van der Waals surface area contributed by atoms with Crippen LogP contribution in [0.15, 0.2) is 42.5 Å². The Morgan fingerprint density at radius 3 is 2.14 bits per heavy atom. The van der Waals surface area contributed by atoms with Crippen molar-refractivity contribution >= 4 is 41.5 Å². The predicted octanol–water partition coefficient (Wildman–Crippen LogP) is 5.72. The molecule has 36 heavy (non-hydrogen) atoms. The van der Waals surface area contributed by atoms with Crippen LogP contribution in [0.25, 0.3) is 0 Å². The van der Waals surface area contributed by atoms with E-state index in [9.17, 15) is 27.6 Å². The molecule has 12 heteroatoms. The molecule has 0 saturated carbocycles. The summed E-state index contributed by atoms with van der Waals surface area (Å²) in [4.78, 5) is 38.9. The van der Waals surface area contributed by atoms with E-state index in [1.54, 1.807) is 12.1 Å². The number of ether oxygens (including phenoxy) is 2. The number of amides is 2. The zero-order chi connectivity index (χ0) is 27.1. The maximum absolute atomic E-state index is 13.2. The van der Waals surface area contributed by atoms with Crippen molar-refractivity contribution in [1.82, 2.24) is 9.80 Å². The summed E-state index contributed by atoms with van der Waals surface area (Å²) in [6.07, 6.45) is -6.82. The van der Waals surface area contributed by atoms with Crippen molar-refractivity contribution in [2.24, 2.45) is 0 Å². The lowest BCUT2D eigenvalue weighted by molar-refractivity contribution is -0.161. The number of hydrogen-bond acceptors (Lipinski definition) is 5. The van der Waals surface area contributed by atoms with Gasteiger partial charge >= 0.3 is 12.3 Å². The maximum atomic E-state index is 13.2. The van der Waals surface area contributed by atoms with Crippen LogP contribution in [0.5, 0.6) is 11.5 Å². The topological polar surface area (TPSA) is 76.2 Å². The van der Waals surface area contributed by atoms with Crippen molar-refractivity contribution in [3.8, 4) is 11.5 Å². The van der Waals surface area contributed by atoms with Crippen LogP contribution in [0.2, 0.25) is 10.0 Å². The molecule has 7 nitrogen and oxygen atoms in total. The Labute approximate surface area is 216 Å². The fourth-order valence-corrected chi connectivity index (χ4v) is 3.94. The second kappa shape index (κ2) is 12.3. The fourth-order valence-electron chi connectivity index (χ4n) is 3.64. The number of benzene rings is 2. The SMILES string of the molecule is COc1ccc(OC(=O)N(C)[C@](CCC=O)(CN(C)C(=O)CC(F)(F)F)c2ccc(Cl)c(Cl)c2)cc1. The molecule has 0 heterocycles. The molecular formula is C24H25Cl2F3N2O5. The Bertz CT molecular complexity index is 1080. The molecule has 0 aliphatic rings. The Kier molecular flexibility index (Phi) is 10.0. The van der Waals surface area contributed by atoms with Gasteiger partial charge in [0.1, 0.15) is 24.2 Å². The normalized spacial score (nSPS) is 12.9. The van der Waals surface area contributed by atoms with Gasteiger partial charge in [-0.25, -0.2) is 4.79 Å². The van der Waals surface area contributed by atoms with Crippen LogP contribution in [-0.2, 0) is 15.1 Å². The summed E-state index contributed by atoms with van der Waals surface area (Å²) in [5.74, 6) is -0.508. The minimum atomic E-state index is -4.72. The minimum absolute atomic E-state index is 0.0493. The lowest BCUT2D eigenvalue weighted by atomic mass is 9.83. The number of nitrogens with zero attached hydrogens (tertiary/aromatic N) is 2. The number of carbonyl (C=O) groups excluding carboxylic acids is 3. The van der Waals surface area contributed by atoms with Crippen molar-refractivity contribution < 1.29 is 37.0 Å². The van der Waals surface area contributed by atoms with Gasteiger partial charge in [0.15, 0.2) is 0 Å². The molecule has 0 radical (unpaired) electrons. The van der Waals surface area contributed by atoms with E-state index in [1.807, 2.05) is 0 Å². The number of alkyl halides is 3. The van der Waals surface area contributed by atoms with Gasteiger partial charge in [-0.3, -0.25) is 9.69 Å². The summed E-state index contributed by atoms with van der Waals surface area (Å²) in [6, 6.07) is 10.6. The molecule has 0 aliphatic heterocycles. The zero-order valence-corrected chi connectivity index (χ0v) is 21.3. The van der Waals surface area contributed by atoms with Crippen molar-refractivity contribution in [3.63, 3.8) is 0 Å². The molecule has 0 bridgehead atoms. The standard InChI is InChI=1S/C24H25Cl2F3N2O5/c1-30(21(33)14-24(27,28)29)15-23(11-4-12-32,16-5-10-19(25)20(26)13-16)31(2)22(34)36-18-8-6-17(35-3)7-9-18/h5-10,12-13H,4,11,14-15H2,1-3H3/t23-/m1/s1. The second-order valence-corrected chi connectivity index (χ2v) is 8.82. The minimum Gasteiger partial charge on any atom is -0.497 e. The van der Waals surface area contributed by atoms with E-state index in [1.165, 1.54) is 51.5 Å². The van der Waals surface area contributed by atoms with Gasteiger partial charge in [-0.05, 0) is 48.4 Å². The Morgan fingerprint density at radius 1 is 1.00 bits per heavy atom. The number of aldehydes is 1. The van der Waals surface area contributed by atoms with Gasteiger partial charge < -0.3 is 19.2 Å². The average molecular weight is 549 g/mol. The predicted molar refractivity (Wildman–Crippen MR) is 129 cm³/mol. The van der Waals surface area contributed by atoms with Crippen LogP contribution in [0.4, 0.5) is 18.0 Å². The highest BCUT2D eigenvalue weighted by Gasteiger charge is 2.43. The van der Waals surface area contributed by atoms with Crippen molar-refractivity contribution in [2.45, 2.75) is 31.0 Å². The zero-order valence-electron chi connectivity index (χ0n) is 19.8. The number of hydrogen-bond donors (Lipinski definition) is 0. The van der Waals surface area contributed by atoms with E-state index in [4.69, 9.17) is 32.7 Å². The molecule has 0 fully saturated rings. The molecule has 196 valence electrons. The third-order valence-electron chi connectivity index (χ3n) is 5.59. The quantitative estimate of drug-likeness (QED) is 0.355. The highest BCUT2D eigenvalue weighted by atomic mass is 35.5. The Morgan fingerprint density at radius 2 is 1.61 bits per heavy atom. The fraction of sp³-hybridized carbons (Fsp3) is 0.375. The molecule has 0 saturated heterocycles. The van der Waals surface area contributed by atoms with E-state index in [0.29, 0.717) is 17.6 Å². The van der Waals surface area contributed by atoms with E-state index < -0.39 is 30.1 Å². The van der Waals surface area contributed by atoms with Crippen LogP contribution >= 0.6 is 23.2 Å². The summed E-state index contributed by atoms with van der Waals surface area (Å²) in [5.41, 5.74) is -1.14. The third-order valence-corrected chi connectivity index (χ3v) is 6.33. The molecule has 2 rings (SSSR count). The smallest absolute Gasteiger partial charge is 0.415 e. The average Bonchev–Trinajstić information content (AvgIpc) is 2.82. The Balaban J connectivity index is 2.52. The second-order valence-electron chi connectivity index (χ2n) is 8.01. The highest BCUT2D eigenvalue weighted by Crippen LogP contribution is 2.38. The van der Waals surface area contributed by atoms with E-state index >= 15 is 0 Å². The number of methoxy groups -OCH3 is 1. The molecule has 0 spiro atoms. The first-order chi connectivity index (χ1) is 16.8. The van der Waals surface area contributed by atoms with E-state index in [0.717, 1.165) is 9.80 Å². The summed E-state index contributed by atoms with van der Waals surface area (Å²) in [6.45, 7) is -0.387. The third kappa shape index (κ3) is 7.51. The highest BCUT2D eigenvalue weighted by molar-refractivity contribution is 6.42. The van der Waals surface area contributed by atoms with Crippen LogP contribution in [0.1, 0.15) is 24.8 Å². The van der Waals surface area contributed by atoms with Gasteiger partial charge in [0, 0.05) is 27.1 Å². The molecular weight excluding hydrogens is 524 g/mol. The first-order valence-corrected chi connectivity index (χ1v) is 11.4. The first-order valence-electron chi connectivity index (χ1n) is 10.6. The first kappa shape index (κ1) is 29.3. The largest absolute Gasteiger partial charge is 0.497 e. The summed E-state index contributed by atoms with van der Waals surface area (Å²) in [7, 11) is 4.02. The Hall–Kier alpha value is -2.98. The number of carbonyl (C=O) groups is 3. The van der Waals surface area contributed by atoms with Crippen LogP contribution in [-0.4, -0.2) is 62.0 Å². The molecule has 0 unspecified atom stereocenters. The number of likely N-dealkylation sites (N-methyl/N-ethyl adjacent to an activating group) is 2. The van der Waals surface area contributed by atoms with Crippen LogP contribution < -0.4 is 9.47 Å². The van der Waals surface area contributed by atoms with Gasteiger partial charge in [-0.15, -0.1) is 0 Å². The monoisotopic (exact) mass is 548 g/mol. The molecule has 0 N–H and O–H groups in total. The molecule has 2 amide bonds. The molecule has 2 aromatic carbocycles. The molecule has 1 atom stereocenters. The lowest BCUT2D eigenvalue weighted by Gasteiger charge is -2.44. The van der Waals surface area contributed by atoms with Crippen molar-refractivity contribution in [1.29, 1.82) is 0 Å². The van der Waals surface area contributed by atoms with Crippen molar-refractivity contribution in [3.05, 3.63) is 58.1 Å². The van der Waals surface area contributed by atoms with Crippen LogP contribution in [0.3, 0.4) is 0 Å². The van der Waals surface area contributed by atoms with Gasteiger partial charge in [0.05, 0.1) is 22.7 Å². The van der Waals surface area contributed by atoms with E-state index in [2.05, 4.69) is 0 Å². The number of halogens is 5. The summed E-state index contributed by atoms with van der Waals surface area (Å²) >= 11 is 12.3. The lowest BCUT2D eigenvalue weighted by Crippen LogP contribution is -2.55. The van der Waals surface area contributed by atoms with Gasteiger partial charge in [-0.1, -0.05) is 29.3 Å². The molecule has 0 aliphatic carbocycles. The number of rotatable bonds is 10. The molecule has 0 aromatic heterocycles. The van der Waals surface area contributed by atoms with Gasteiger partial charge in [0.2, 0.25) is 5.91 Å². The van der Waals surface area contributed by atoms with Gasteiger partial charge in [-0.2, -0.15) is 13.2 Å².